The van der Waals surface area contributed by atoms with E-state index in [1.165, 1.54) is 48.4 Å². The van der Waals surface area contributed by atoms with Gasteiger partial charge in [0.15, 0.2) is 0 Å². The summed E-state index contributed by atoms with van der Waals surface area (Å²) in [5.74, 6) is -0.959. The molecule has 0 aliphatic carbocycles. The number of aliphatic carboxylic acids is 1. The van der Waals surface area contributed by atoms with E-state index in [1.54, 1.807) is 0 Å². The zero-order chi connectivity index (χ0) is 23.0. The molecule has 2 aromatic carbocycles. The van der Waals surface area contributed by atoms with E-state index in [4.69, 9.17) is 0 Å². The van der Waals surface area contributed by atoms with Crippen molar-refractivity contribution in [1.29, 1.82) is 0 Å². The van der Waals surface area contributed by atoms with Gasteiger partial charge >= 0.3 is 209 Å². The van der Waals surface area contributed by atoms with Crippen LogP contribution < -0.4 is 19.0 Å². The van der Waals surface area contributed by atoms with E-state index in [9.17, 15) is 9.90 Å². The van der Waals surface area contributed by atoms with Crippen molar-refractivity contribution in [2.24, 2.45) is 0 Å². The second kappa shape index (κ2) is 11.9. The molecule has 0 amide bonds. The number of allylic oxidation sites excluding steroid dienone is 2. The summed E-state index contributed by atoms with van der Waals surface area (Å²) in [7, 11) is 0. The van der Waals surface area contributed by atoms with Crippen LogP contribution in [0.15, 0.2) is 65.3 Å². The van der Waals surface area contributed by atoms with E-state index in [2.05, 4.69) is 83.1 Å². The number of anilines is 1. The van der Waals surface area contributed by atoms with Gasteiger partial charge in [-0.2, -0.15) is 0 Å². The molecule has 1 aromatic heterocycles. The topological polar surface area (TPSA) is 47.2 Å². The van der Waals surface area contributed by atoms with Crippen LogP contribution in [0.4, 0.5) is 5.69 Å². The summed E-state index contributed by atoms with van der Waals surface area (Å²) in [6.07, 6.45) is 12.2. The molecule has 0 radical (unpaired) electrons. The third-order valence-electron chi connectivity index (χ3n) is 5.75. The first-order chi connectivity index (χ1) is 16.2. The summed E-state index contributed by atoms with van der Waals surface area (Å²) in [6, 6.07) is 17.4. The van der Waals surface area contributed by atoms with Crippen LogP contribution in [0.25, 0.3) is 15.9 Å². The summed E-state index contributed by atoms with van der Waals surface area (Å²) < 4.78 is 8.16. The minimum atomic E-state index is -0.959. The van der Waals surface area contributed by atoms with Crippen LogP contribution in [0.1, 0.15) is 50.0 Å². The Morgan fingerprint density at radius 1 is 1.06 bits per heavy atom. The van der Waals surface area contributed by atoms with Gasteiger partial charge < -0.3 is 0 Å². The molecule has 1 aliphatic heterocycles. The van der Waals surface area contributed by atoms with E-state index >= 15 is 0 Å². The van der Waals surface area contributed by atoms with Gasteiger partial charge in [-0.1, -0.05) is 0 Å². The number of hydrogen-bond acceptors (Lipinski definition) is 3. The standard InChI is InChI=1S/C27H30N2O2Se2/c1-2-3-9-19-28-21-12-4-6-14-23(21)32-25(28)16-11-17-26-29(20-10-8-18-27(30)31)22-13-5-7-15-24(22)33-26/h4-7,11-17H,2-3,8-10,18-20H2,1H3. The first-order valence-electron chi connectivity index (χ1n) is 11.7. The van der Waals surface area contributed by atoms with E-state index in [0.29, 0.717) is 20.9 Å². The molecule has 0 N–H and O–H groups in total. The van der Waals surface area contributed by atoms with E-state index in [0.717, 1.165) is 19.5 Å². The zero-order valence-corrected chi connectivity index (χ0v) is 22.5. The van der Waals surface area contributed by atoms with Crippen LogP contribution in [0, 0.1) is 0 Å². The summed E-state index contributed by atoms with van der Waals surface area (Å²) in [6.45, 7) is 4.19. The average Bonchev–Trinajstić information content (AvgIpc) is 3.35. The van der Waals surface area contributed by atoms with Gasteiger partial charge in [0.05, 0.1) is 0 Å². The number of benzene rings is 2. The third-order valence-corrected chi connectivity index (χ3v) is 10.5. The molecule has 3 aromatic rings. The predicted molar refractivity (Wildman–Crippen MR) is 136 cm³/mol. The molecule has 4 rings (SSSR count). The number of aryl methyl sites for hydroxylation is 1. The fraction of sp³-hybridized carbons (Fsp3) is 0.333. The molecule has 0 bridgehead atoms. The first-order valence-corrected chi connectivity index (χ1v) is 15.1. The summed E-state index contributed by atoms with van der Waals surface area (Å²) in [5.41, 5.74) is 2.66. The van der Waals surface area contributed by atoms with Crippen molar-refractivity contribution in [2.45, 2.75) is 52.0 Å². The number of fused-ring (bicyclic) bond motifs is 2. The summed E-state index contributed by atoms with van der Waals surface area (Å²) in [4.78, 5) is 13.2. The Kier molecular flexibility index (Phi) is 8.63. The van der Waals surface area contributed by atoms with E-state index < -0.39 is 5.97 Å². The normalized spacial score (nSPS) is 14.6. The van der Waals surface area contributed by atoms with Gasteiger partial charge in [0.25, 0.3) is 0 Å². The molecule has 0 fully saturated rings. The number of carboxylic acid groups (broad SMARTS) is 1. The van der Waals surface area contributed by atoms with Gasteiger partial charge in [-0.25, -0.2) is 0 Å². The fourth-order valence-electron chi connectivity index (χ4n) is 4.09. The third kappa shape index (κ3) is 6.07. The second-order valence-corrected chi connectivity index (χ2v) is 12.6. The van der Waals surface area contributed by atoms with Crippen molar-refractivity contribution in [3.05, 3.63) is 69.8 Å². The number of carbonyl (C=O) groups excluding carboxylic acids is 1. The number of para-hydroxylation sites is 2. The second-order valence-electron chi connectivity index (χ2n) is 8.18. The number of aromatic nitrogens is 1. The fourth-order valence-corrected chi connectivity index (χ4v) is 8.71. The predicted octanol–water partition coefficient (Wildman–Crippen LogP) is 3.00. The maximum atomic E-state index is 10.8. The van der Waals surface area contributed by atoms with Crippen molar-refractivity contribution in [1.82, 2.24) is 0 Å². The Balaban J connectivity index is 1.54. The molecule has 4 nitrogen and oxygen atoms in total. The van der Waals surface area contributed by atoms with Crippen LogP contribution in [0.2, 0.25) is 0 Å². The molecule has 0 atom stereocenters. The van der Waals surface area contributed by atoms with Gasteiger partial charge in [-0.3, -0.25) is 0 Å². The van der Waals surface area contributed by atoms with Crippen molar-refractivity contribution < 1.29 is 14.5 Å². The molecule has 1 aliphatic rings. The molecule has 33 heavy (non-hydrogen) atoms. The zero-order valence-electron chi connectivity index (χ0n) is 19.0. The van der Waals surface area contributed by atoms with Gasteiger partial charge in [0, 0.05) is 0 Å². The Morgan fingerprint density at radius 3 is 2.73 bits per heavy atom. The van der Waals surface area contributed by atoms with Crippen LogP contribution in [0.5, 0.6) is 0 Å². The minimum absolute atomic E-state index is 0.133. The molecular weight excluding hydrogens is 542 g/mol. The van der Waals surface area contributed by atoms with Crippen LogP contribution >= 0.6 is 0 Å². The van der Waals surface area contributed by atoms with E-state index in [-0.39, 0.29) is 21.4 Å². The maximum absolute atomic E-state index is 10.8. The average molecular weight is 572 g/mol. The van der Waals surface area contributed by atoms with Crippen molar-refractivity contribution in [3.8, 4) is 0 Å². The number of carbonyl (C=O) groups is 1. The summed E-state index contributed by atoms with van der Waals surface area (Å²) >= 11 is 0.608. The number of unbranched alkanes of at least 4 members (excludes halogenated alkanes) is 3. The quantitative estimate of drug-likeness (QED) is 0.202. The Hall–Kier alpha value is -2.10. The Morgan fingerprint density at radius 2 is 1.88 bits per heavy atom. The molecule has 6 heteroatoms. The van der Waals surface area contributed by atoms with Gasteiger partial charge in [-0.05, 0) is 0 Å². The van der Waals surface area contributed by atoms with Gasteiger partial charge in [-0.15, -0.1) is 0 Å². The van der Waals surface area contributed by atoms with Crippen LogP contribution in [-0.2, 0) is 11.3 Å². The SMILES string of the molecule is CCCCC[n+]1c(/C=C/C=C2\[Se]c3ccccc3N2CCCCC(=O)[O-])[se]c2ccccc21. The molecule has 0 spiro atoms. The summed E-state index contributed by atoms with van der Waals surface area (Å²) in [5, 5.41) is 10.8. The van der Waals surface area contributed by atoms with E-state index in [1.807, 2.05) is 0 Å². The molecular formula is C27H30N2O2Se2. The van der Waals surface area contributed by atoms with Crippen molar-refractivity contribution >= 4 is 61.4 Å². The first kappa shape index (κ1) is 24.0. The number of hydrogen-bond donors (Lipinski definition) is 0. The monoisotopic (exact) mass is 574 g/mol. The number of carboxylic acids is 1. The molecule has 172 valence electrons. The van der Waals surface area contributed by atoms with Crippen molar-refractivity contribution in [3.63, 3.8) is 0 Å². The molecule has 0 saturated carbocycles. The Bertz CT molecular complexity index is 1170. The molecule has 2 heterocycles. The van der Waals surface area contributed by atoms with Crippen LogP contribution in [-0.4, -0.2) is 42.0 Å². The number of nitrogens with zero attached hydrogens (tertiary/aromatic N) is 2. The molecule has 0 saturated heterocycles. The van der Waals surface area contributed by atoms with Gasteiger partial charge in [0.2, 0.25) is 0 Å². The number of rotatable bonds is 11. The molecule has 0 unspecified atom stereocenters. The van der Waals surface area contributed by atoms with Gasteiger partial charge in [0.1, 0.15) is 0 Å². The van der Waals surface area contributed by atoms with Crippen molar-refractivity contribution in [2.75, 3.05) is 11.4 Å². The Labute approximate surface area is 208 Å². The van der Waals surface area contributed by atoms with Crippen LogP contribution in [0.3, 0.4) is 0 Å².